The van der Waals surface area contributed by atoms with Crippen molar-refractivity contribution >= 4 is 10.0 Å². The van der Waals surface area contributed by atoms with Crippen molar-refractivity contribution in [3.8, 4) is 0 Å². The lowest BCUT2D eigenvalue weighted by atomic mass is 9.94. The molecule has 0 aromatic carbocycles. The van der Waals surface area contributed by atoms with Gasteiger partial charge in [-0.25, -0.2) is 12.7 Å². The molecule has 16 heavy (non-hydrogen) atoms. The Balaban J connectivity index is 2.68. The summed E-state index contributed by atoms with van der Waals surface area (Å²) < 4.78 is 25.9. The van der Waals surface area contributed by atoms with Crippen LogP contribution < -0.4 is 5.73 Å². The second-order valence-electron chi connectivity index (χ2n) is 5.58. The van der Waals surface area contributed by atoms with E-state index in [0.29, 0.717) is 13.1 Å². The molecule has 0 aromatic heterocycles. The summed E-state index contributed by atoms with van der Waals surface area (Å²) in [6, 6.07) is 0. The number of nitrogens with two attached hydrogens (primary N) is 1. The number of nitrogens with zero attached hydrogens (tertiary/aromatic N) is 1. The fraction of sp³-hybridized carbons (Fsp3) is 1.00. The molecule has 1 saturated carbocycles. The molecule has 2 N–H and O–H groups in total. The Morgan fingerprint density at radius 3 is 2.25 bits per heavy atom. The third-order valence-electron chi connectivity index (χ3n) is 3.36. The van der Waals surface area contributed by atoms with Gasteiger partial charge in [-0.15, -0.1) is 0 Å². The summed E-state index contributed by atoms with van der Waals surface area (Å²) in [7, 11) is -1.43. The first-order chi connectivity index (χ1) is 7.29. The molecular formula is C11H24N2O2S. The van der Waals surface area contributed by atoms with Crippen LogP contribution >= 0.6 is 0 Å². The Morgan fingerprint density at radius 1 is 1.31 bits per heavy atom. The summed E-state index contributed by atoms with van der Waals surface area (Å²) in [5, 5.41) is -0.161. The van der Waals surface area contributed by atoms with Gasteiger partial charge in [-0.2, -0.15) is 0 Å². The predicted octanol–water partition coefficient (Wildman–Crippen LogP) is 1.18. The van der Waals surface area contributed by atoms with Crippen molar-refractivity contribution in [2.45, 2.75) is 44.8 Å². The standard InChI is InChI=1S/C11H24N2O2S/c1-11(2,8-12)9-13(3)16(14,15)10-6-4-5-7-10/h10H,4-9,12H2,1-3H3. The molecule has 0 unspecified atom stereocenters. The van der Waals surface area contributed by atoms with Crippen molar-refractivity contribution in [1.82, 2.24) is 4.31 Å². The highest BCUT2D eigenvalue weighted by molar-refractivity contribution is 7.89. The van der Waals surface area contributed by atoms with Gasteiger partial charge in [-0.3, -0.25) is 0 Å². The van der Waals surface area contributed by atoms with Crippen molar-refractivity contribution in [3.63, 3.8) is 0 Å². The molecule has 0 radical (unpaired) electrons. The van der Waals surface area contributed by atoms with E-state index in [9.17, 15) is 8.42 Å². The summed E-state index contributed by atoms with van der Waals surface area (Å²) in [5.74, 6) is 0. The Morgan fingerprint density at radius 2 is 1.81 bits per heavy atom. The Bertz CT molecular complexity index is 319. The van der Waals surface area contributed by atoms with Crippen molar-refractivity contribution in [2.75, 3.05) is 20.1 Å². The van der Waals surface area contributed by atoms with Gasteiger partial charge in [0.2, 0.25) is 10.0 Å². The van der Waals surface area contributed by atoms with Crippen LogP contribution in [0, 0.1) is 5.41 Å². The minimum Gasteiger partial charge on any atom is -0.330 e. The van der Waals surface area contributed by atoms with E-state index < -0.39 is 10.0 Å². The van der Waals surface area contributed by atoms with Crippen molar-refractivity contribution in [3.05, 3.63) is 0 Å². The van der Waals surface area contributed by atoms with Crippen LogP contribution in [0.25, 0.3) is 0 Å². The predicted molar refractivity (Wildman–Crippen MR) is 66.6 cm³/mol. The smallest absolute Gasteiger partial charge is 0.216 e. The Kier molecular flexibility index (Phi) is 4.37. The van der Waals surface area contributed by atoms with Crippen molar-refractivity contribution < 1.29 is 8.42 Å². The minimum absolute atomic E-state index is 0.152. The molecule has 1 rings (SSSR count). The van der Waals surface area contributed by atoms with E-state index in [-0.39, 0.29) is 10.7 Å². The zero-order chi connectivity index (χ0) is 12.4. The van der Waals surface area contributed by atoms with Gasteiger partial charge < -0.3 is 5.73 Å². The molecule has 0 heterocycles. The second-order valence-corrected chi connectivity index (χ2v) is 7.90. The first-order valence-electron chi connectivity index (χ1n) is 5.95. The molecule has 0 atom stereocenters. The SMILES string of the molecule is CN(CC(C)(C)CN)S(=O)(=O)C1CCCC1. The lowest BCUT2D eigenvalue weighted by Crippen LogP contribution is -2.42. The number of sulfonamides is 1. The van der Waals surface area contributed by atoms with Crippen LogP contribution in [0.4, 0.5) is 0 Å². The summed E-state index contributed by atoms with van der Waals surface area (Å²) >= 11 is 0. The van der Waals surface area contributed by atoms with Gasteiger partial charge in [0.05, 0.1) is 5.25 Å². The number of hydrogen-bond acceptors (Lipinski definition) is 3. The van der Waals surface area contributed by atoms with E-state index in [4.69, 9.17) is 5.73 Å². The van der Waals surface area contributed by atoms with Crippen molar-refractivity contribution in [1.29, 1.82) is 0 Å². The molecule has 0 aromatic rings. The molecule has 0 saturated heterocycles. The van der Waals surface area contributed by atoms with E-state index in [1.54, 1.807) is 7.05 Å². The van der Waals surface area contributed by atoms with Gasteiger partial charge in [-0.05, 0) is 24.8 Å². The third kappa shape index (κ3) is 3.18. The number of rotatable bonds is 5. The molecule has 0 amide bonds. The van der Waals surface area contributed by atoms with E-state index in [2.05, 4.69) is 0 Å². The van der Waals surface area contributed by atoms with Crippen LogP contribution in [-0.2, 0) is 10.0 Å². The highest BCUT2D eigenvalue weighted by Crippen LogP contribution is 2.28. The molecule has 0 aliphatic heterocycles. The molecule has 5 heteroatoms. The maximum Gasteiger partial charge on any atom is 0.216 e. The van der Waals surface area contributed by atoms with Gasteiger partial charge in [0, 0.05) is 13.6 Å². The average molecular weight is 248 g/mol. The van der Waals surface area contributed by atoms with E-state index in [1.807, 2.05) is 13.8 Å². The molecule has 96 valence electrons. The minimum atomic E-state index is -3.10. The zero-order valence-electron chi connectivity index (χ0n) is 10.6. The van der Waals surface area contributed by atoms with Gasteiger partial charge in [-0.1, -0.05) is 26.7 Å². The molecule has 1 aliphatic rings. The zero-order valence-corrected chi connectivity index (χ0v) is 11.4. The normalized spacial score (nSPS) is 19.6. The quantitative estimate of drug-likeness (QED) is 0.794. The fourth-order valence-electron chi connectivity index (χ4n) is 2.20. The highest BCUT2D eigenvalue weighted by atomic mass is 32.2. The number of hydrogen-bond donors (Lipinski definition) is 1. The van der Waals surface area contributed by atoms with Crippen LogP contribution in [0.1, 0.15) is 39.5 Å². The van der Waals surface area contributed by atoms with E-state index in [1.165, 1.54) is 4.31 Å². The summed E-state index contributed by atoms with van der Waals surface area (Å²) in [4.78, 5) is 0. The maximum atomic E-state index is 12.2. The highest BCUT2D eigenvalue weighted by Gasteiger charge is 2.34. The lowest BCUT2D eigenvalue weighted by Gasteiger charge is -2.30. The third-order valence-corrected chi connectivity index (χ3v) is 5.67. The maximum absolute atomic E-state index is 12.2. The topological polar surface area (TPSA) is 63.4 Å². The Hall–Kier alpha value is -0.130. The van der Waals surface area contributed by atoms with Crippen LogP contribution in [0.2, 0.25) is 0 Å². The van der Waals surface area contributed by atoms with Gasteiger partial charge in [0.1, 0.15) is 0 Å². The fourth-order valence-corrected chi connectivity index (χ4v) is 4.17. The first-order valence-corrected chi connectivity index (χ1v) is 7.45. The molecule has 0 spiro atoms. The van der Waals surface area contributed by atoms with Crippen LogP contribution in [0.15, 0.2) is 0 Å². The summed E-state index contributed by atoms with van der Waals surface area (Å²) in [5.41, 5.74) is 5.48. The largest absolute Gasteiger partial charge is 0.330 e. The monoisotopic (exact) mass is 248 g/mol. The molecular weight excluding hydrogens is 224 g/mol. The van der Waals surface area contributed by atoms with E-state index in [0.717, 1.165) is 25.7 Å². The molecule has 1 fully saturated rings. The summed E-state index contributed by atoms with van der Waals surface area (Å²) in [6.07, 6.45) is 3.71. The van der Waals surface area contributed by atoms with Gasteiger partial charge in [0.15, 0.2) is 0 Å². The Labute approximate surface area is 99.2 Å². The van der Waals surface area contributed by atoms with Crippen molar-refractivity contribution in [2.24, 2.45) is 11.1 Å². The lowest BCUT2D eigenvalue weighted by molar-refractivity contribution is 0.290. The van der Waals surface area contributed by atoms with Gasteiger partial charge >= 0.3 is 0 Å². The van der Waals surface area contributed by atoms with Crippen LogP contribution in [0.5, 0.6) is 0 Å². The molecule has 4 nitrogen and oxygen atoms in total. The molecule has 0 bridgehead atoms. The van der Waals surface area contributed by atoms with Crippen LogP contribution in [-0.4, -0.2) is 38.1 Å². The van der Waals surface area contributed by atoms with Crippen LogP contribution in [0.3, 0.4) is 0 Å². The second kappa shape index (κ2) is 5.02. The van der Waals surface area contributed by atoms with E-state index >= 15 is 0 Å². The first kappa shape index (κ1) is 13.9. The average Bonchev–Trinajstić information content (AvgIpc) is 2.70. The summed E-state index contributed by atoms with van der Waals surface area (Å²) in [6.45, 7) is 4.99. The van der Waals surface area contributed by atoms with Gasteiger partial charge in [0.25, 0.3) is 0 Å². The molecule has 1 aliphatic carbocycles.